The van der Waals surface area contributed by atoms with Crippen molar-refractivity contribution in [2.75, 3.05) is 39.6 Å². The molecule has 5 unspecified atom stereocenters. The summed E-state index contributed by atoms with van der Waals surface area (Å²) >= 11 is 0. The van der Waals surface area contributed by atoms with Crippen LogP contribution in [0.15, 0.2) is 0 Å². The van der Waals surface area contributed by atoms with E-state index in [1.165, 1.54) is 6.92 Å². The quantitative estimate of drug-likeness (QED) is 0.208. The van der Waals surface area contributed by atoms with Crippen molar-refractivity contribution in [1.29, 1.82) is 0 Å². The number of esters is 4. The average molecular weight is 464 g/mol. The summed E-state index contributed by atoms with van der Waals surface area (Å²) in [4.78, 5) is 46.4. The van der Waals surface area contributed by atoms with Crippen LogP contribution in [0.3, 0.4) is 0 Å². The minimum atomic E-state index is -1.27. The van der Waals surface area contributed by atoms with Crippen molar-refractivity contribution in [1.82, 2.24) is 0 Å². The zero-order valence-corrected chi connectivity index (χ0v) is 19.0. The third-order valence-corrected chi connectivity index (χ3v) is 4.03. The van der Waals surface area contributed by atoms with E-state index in [0.717, 1.165) is 20.8 Å². The fraction of sp³-hybridized carbons (Fsp3) is 0.800. The lowest BCUT2D eigenvalue weighted by Gasteiger charge is -2.44. The second-order valence-electron chi connectivity index (χ2n) is 6.75. The Bertz CT molecular complexity index is 622. The Morgan fingerprint density at radius 2 is 1.22 bits per heavy atom. The van der Waals surface area contributed by atoms with E-state index in [1.54, 1.807) is 0 Å². The first-order valence-corrected chi connectivity index (χ1v) is 10.2. The zero-order chi connectivity index (χ0) is 24.1. The molecular weight excluding hydrogens is 432 g/mol. The molecule has 0 bridgehead atoms. The first kappa shape index (κ1) is 27.8. The molecule has 1 aliphatic heterocycles. The van der Waals surface area contributed by atoms with E-state index >= 15 is 0 Å². The standard InChI is InChI=1S/C20H32O12/c1-6-25-7-8-26-9-10-27-20-19(31-15(5)24)18(30-14(4)23)17(29-13(3)22)16(32-20)11-28-12(2)21/h16-20H,6-11H2,1-5H3. The largest absolute Gasteiger partial charge is 0.463 e. The Labute approximate surface area is 186 Å². The number of carbonyl (C=O) groups is 4. The van der Waals surface area contributed by atoms with Crippen LogP contribution < -0.4 is 0 Å². The van der Waals surface area contributed by atoms with Crippen molar-refractivity contribution in [3.05, 3.63) is 0 Å². The summed E-state index contributed by atoms with van der Waals surface area (Å²) in [6.45, 7) is 7.78. The number of rotatable bonds is 13. The minimum absolute atomic E-state index is 0.0415. The van der Waals surface area contributed by atoms with Crippen molar-refractivity contribution in [3.8, 4) is 0 Å². The van der Waals surface area contributed by atoms with E-state index in [-0.39, 0.29) is 19.8 Å². The van der Waals surface area contributed by atoms with Crippen molar-refractivity contribution in [3.63, 3.8) is 0 Å². The van der Waals surface area contributed by atoms with Gasteiger partial charge in [0.2, 0.25) is 0 Å². The molecule has 0 saturated carbocycles. The highest BCUT2D eigenvalue weighted by atomic mass is 16.7. The first-order valence-electron chi connectivity index (χ1n) is 10.2. The van der Waals surface area contributed by atoms with Crippen LogP contribution in [-0.4, -0.2) is 94.2 Å². The lowest BCUT2D eigenvalue weighted by molar-refractivity contribution is -0.309. The maximum Gasteiger partial charge on any atom is 0.303 e. The molecule has 0 radical (unpaired) electrons. The van der Waals surface area contributed by atoms with Gasteiger partial charge in [0.15, 0.2) is 24.6 Å². The Morgan fingerprint density at radius 3 is 1.78 bits per heavy atom. The first-order chi connectivity index (χ1) is 15.1. The second kappa shape index (κ2) is 14.7. The molecule has 0 spiro atoms. The number of carbonyl (C=O) groups excluding carboxylic acids is 4. The SMILES string of the molecule is CCOCCOCCOC1OC(COC(C)=O)C(OC(C)=O)C(OC(C)=O)C1OC(C)=O. The van der Waals surface area contributed by atoms with Gasteiger partial charge in [-0.3, -0.25) is 19.2 Å². The Morgan fingerprint density at radius 1 is 0.688 bits per heavy atom. The van der Waals surface area contributed by atoms with Gasteiger partial charge in [-0.1, -0.05) is 0 Å². The summed E-state index contributed by atoms with van der Waals surface area (Å²) < 4.78 is 42.9. The second-order valence-corrected chi connectivity index (χ2v) is 6.75. The minimum Gasteiger partial charge on any atom is -0.463 e. The van der Waals surface area contributed by atoms with Crippen LogP contribution in [-0.2, 0) is 57.1 Å². The summed E-state index contributed by atoms with van der Waals surface area (Å²) in [6.07, 6.45) is -6.01. The van der Waals surface area contributed by atoms with Crippen LogP contribution in [0, 0.1) is 0 Å². The topological polar surface area (TPSA) is 142 Å². The molecule has 1 rings (SSSR count). The number of ether oxygens (including phenoxy) is 8. The molecule has 184 valence electrons. The van der Waals surface area contributed by atoms with Gasteiger partial charge in [-0.15, -0.1) is 0 Å². The van der Waals surface area contributed by atoms with Gasteiger partial charge < -0.3 is 37.9 Å². The molecule has 1 fully saturated rings. The third-order valence-electron chi connectivity index (χ3n) is 4.03. The summed E-state index contributed by atoms with van der Waals surface area (Å²) in [5.74, 6) is -2.71. The fourth-order valence-corrected chi connectivity index (χ4v) is 2.91. The van der Waals surface area contributed by atoms with Crippen LogP contribution in [0.2, 0.25) is 0 Å². The third kappa shape index (κ3) is 10.4. The van der Waals surface area contributed by atoms with Gasteiger partial charge in [-0.05, 0) is 6.92 Å². The predicted octanol–water partition coefficient (Wildman–Crippen LogP) is 0.139. The summed E-state index contributed by atoms with van der Waals surface area (Å²) in [5, 5.41) is 0. The molecule has 0 aliphatic carbocycles. The van der Waals surface area contributed by atoms with E-state index in [2.05, 4.69) is 0 Å². The lowest BCUT2D eigenvalue weighted by atomic mass is 9.98. The highest BCUT2D eigenvalue weighted by molar-refractivity contribution is 5.68. The van der Waals surface area contributed by atoms with E-state index < -0.39 is 54.6 Å². The van der Waals surface area contributed by atoms with Gasteiger partial charge in [-0.25, -0.2) is 0 Å². The molecule has 0 amide bonds. The maximum absolute atomic E-state index is 11.7. The van der Waals surface area contributed by atoms with Gasteiger partial charge >= 0.3 is 23.9 Å². The molecule has 12 nitrogen and oxygen atoms in total. The molecule has 5 atom stereocenters. The molecule has 0 N–H and O–H groups in total. The summed E-state index contributed by atoms with van der Waals surface area (Å²) in [5.41, 5.74) is 0. The van der Waals surface area contributed by atoms with E-state index in [1.807, 2.05) is 6.92 Å². The van der Waals surface area contributed by atoms with Crippen molar-refractivity contribution >= 4 is 23.9 Å². The van der Waals surface area contributed by atoms with Gasteiger partial charge in [0, 0.05) is 34.3 Å². The smallest absolute Gasteiger partial charge is 0.303 e. The van der Waals surface area contributed by atoms with Gasteiger partial charge in [-0.2, -0.15) is 0 Å². The van der Waals surface area contributed by atoms with E-state index in [9.17, 15) is 19.2 Å². The molecule has 0 aromatic heterocycles. The monoisotopic (exact) mass is 464 g/mol. The molecule has 12 heteroatoms. The highest BCUT2D eigenvalue weighted by Crippen LogP contribution is 2.29. The molecular formula is C20H32O12. The molecule has 1 heterocycles. The van der Waals surface area contributed by atoms with Crippen LogP contribution in [0.5, 0.6) is 0 Å². The molecule has 32 heavy (non-hydrogen) atoms. The average Bonchev–Trinajstić information content (AvgIpc) is 2.68. The van der Waals surface area contributed by atoms with Gasteiger partial charge in [0.1, 0.15) is 12.7 Å². The lowest BCUT2D eigenvalue weighted by Crippen LogP contribution is -2.63. The zero-order valence-electron chi connectivity index (χ0n) is 19.0. The van der Waals surface area contributed by atoms with Crippen LogP contribution >= 0.6 is 0 Å². The Kier molecular flexibility index (Phi) is 12.8. The molecule has 0 aromatic rings. The molecule has 1 saturated heterocycles. The number of hydrogen-bond acceptors (Lipinski definition) is 12. The summed E-state index contributed by atoms with van der Waals surface area (Å²) in [6, 6.07) is 0. The maximum atomic E-state index is 11.7. The normalized spacial score (nSPS) is 25.0. The van der Waals surface area contributed by atoms with Gasteiger partial charge in [0.05, 0.1) is 26.4 Å². The van der Waals surface area contributed by atoms with E-state index in [4.69, 9.17) is 37.9 Å². The highest BCUT2D eigenvalue weighted by Gasteiger charge is 2.52. The van der Waals surface area contributed by atoms with Crippen molar-refractivity contribution in [2.45, 2.75) is 65.3 Å². The van der Waals surface area contributed by atoms with Crippen molar-refractivity contribution < 1.29 is 57.1 Å². The van der Waals surface area contributed by atoms with Gasteiger partial charge in [0.25, 0.3) is 0 Å². The number of hydrogen-bond donors (Lipinski definition) is 0. The predicted molar refractivity (Wildman–Crippen MR) is 105 cm³/mol. The Balaban J connectivity index is 3.01. The van der Waals surface area contributed by atoms with E-state index in [0.29, 0.717) is 19.8 Å². The molecule has 1 aliphatic rings. The molecule has 0 aromatic carbocycles. The van der Waals surface area contributed by atoms with Crippen LogP contribution in [0.4, 0.5) is 0 Å². The summed E-state index contributed by atoms with van der Waals surface area (Å²) in [7, 11) is 0. The van der Waals surface area contributed by atoms with Crippen LogP contribution in [0.25, 0.3) is 0 Å². The fourth-order valence-electron chi connectivity index (χ4n) is 2.91. The van der Waals surface area contributed by atoms with Crippen LogP contribution in [0.1, 0.15) is 34.6 Å². The van der Waals surface area contributed by atoms with Crippen molar-refractivity contribution in [2.24, 2.45) is 0 Å². The Hall–Kier alpha value is -2.28.